The average molecular weight is 439 g/mol. The van der Waals surface area contributed by atoms with Crippen molar-refractivity contribution in [3.05, 3.63) is 30.1 Å². The van der Waals surface area contributed by atoms with Gasteiger partial charge in [0, 0.05) is 18.8 Å². The van der Waals surface area contributed by atoms with E-state index in [9.17, 15) is 22.8 Å². The Labute approximate surface area is 176 Å². The van der Waals surface area contributed by atoms with Crippen LogP contribution in [0.2, 0.25) is 0 Å². The average Bonchev–Trinajstić information content (AvgIpc) is 3.04. The van der Waals surface area contributed by atoms with E-state index in [4.69, 9.17) is 5.11 Å². The summed E-state index contributed by atoms with van der Waals surface area (Å²) in [6.07, 6.45) is -2.45. The van der Waals surface area contributed by atoms with Gasteiger partial charge < -0.3 is 15.7 Å². The minimum Gasteiger partial charge on any atom is -0.465 e. The lowest BCUT2D eigenvalue weighted by molar-refractivity contribution is -0.184. The summed E-state index contributed by atoms with van der Waals surface area (Å²) in [4.78, 5) is 28.1. The molecule has 3 N–H and O–H groups in total. The third-order valence-electron chi connectivity index (χ3n) is 5.68. The van der Waals surface area contributed by atoms with E-state index >= 15 is 0 Å². The molecule has 0 spiro atoms. The molecule has 0 radical (unpaired) electrons. The molecule has 0 saturated heterocycles. The molecule has 3 rings (SSSR count). The third kappa shape index (κ3) is 5.33. The topological polar surface area (TPSA) is 109 Å². The summed E-state index contributed by atoms with van der Waals surface area (Å²) in [5, 5.41) is 18.0. The van der Waals surface area contributed by atoms with Crippen LogP contribution in [0.4, 0.5) is 23.8 Å². The van der Waals surface area contributed by atoms with Crippen molar-refractivity contribution in [3.8, 4) is 11.3 Å². The maximum Gasteiger partial charge on any atom is 0.405 e. The second kappa shape index (κ2) is 8.94. The largest absolute Gasteiger partial charge is 0.465 e. The summed E-state index contributed by atoms with van der Waals surface area (Å²) in [6.45, 7) is 1.91. The maximum absolute atomic E-state index is 12.9. The number of carbonyl (C=O) groups is 2. The minimum absolute atomic E-state index is 0.106. The summed E-state index contributed by atoms with van der Waals surface area (Å²) < 4.78 is 40.4. The van der Waals surface area contributed by atoms with Gasteiger partial charge in [0.25, 0.3) is 0 Å². The van der Waals surface area contributed by atoms with E-state index in [0.717, 1.165) is 16.8 Å². The SMILES string of the molecule is Cc1cnn(C)c1-c1ccc(NC(=O)C(NC(=O)O)[C@H]2CC[C@H](C(F)(F)F)CC2)nc1. The molecule has 11 heteroatoms. The van der Waals surface area contributed by atoms with Crippen LogP contribution in [0.1, 0.15) is 31.2 Å². The van der Waals surface area contributed by atoms with Crippen molar-refractivity contribution in [2.24, 2.45) is 18.9 Å². The Kier molecular flexibility index (Phi) is 6.51. The molecular formula is C20H24F3N5O3. The zero-order chi connectivity index (χ0) is 22.8. The number of amides is 2. The van der Waals surface area contributed by atoms with Crippen LogP contribution < -0.4 is 10.6 Å². The number of nitrogens with zero attached hydrogens (tertiary/aromatic N) is 3. The molecule has 1 aliphatic carbocycles. The Hall–Kier alpha value is -3.11. The standard InChI is InChI=1S/C20H24F3N5O3/c1-11-9-25-28(2)17(11)13-5-8-15(24-10-13)26-18(29)16(27-19(30)31)12-3-6-14(7-4-12)20(21,22)23/h5,8-10,12,14,16,27H,3-4,6-7H2,1-2H3,(H,30,31)(H,24,26,29)/t12-,14-,16?. The number of carbonyl (C=O) groups excluding carboxylic acids is 1. The fourth-order valence-electron chi connectivity index (χ4n) is 4.08. The summed E-state index contributed by atoms with van der Waals surface area (Å²) in [6, 6.07) is 2.17. The molecule has 0 aromatic carbocycles. The molecule has 0 aliphatic heterocycles. The molecule has 2 aromatic rings. The number of halogens is 3. The van der Waals surface area contributed by atoms with Gasteiger partial charge in [0.1, 0.15) is 11.9 Å². The summed E-state index contributed by atoms with van der Waals surface area (Å²) in [5.74, 6) is -2.36. The molecule has 1 fully saturated rings. The predicted molar refractivity (Wildman–Crippen MR) is 106 cm³/mol. The van der Waals surface area contributed by atoms with Gasteiger partial charge in [-0.3, -0.25) is 9.48 Å². The predicted octanol–water partition coefficient (Wildman–Crippen LogP) is 3.73. The van der Waals surface area contributed by atoms with Crippen LogP contribution in [0.5, 0.6) is 0 Å². The highest BCUT2D eigenvalue weighted by Crippen LogP contribution is 2.40. The van der Waals surface area contributed by atoms with Gasteiger partial charge in [-0.2, -0.15) is 18.3 Å². The smallest absolute Gasteiger partial charge is 0.405 e. The number of rotatable bonds is 5. The van der Waals surface area contributed by atoms with Gasteiger partial charge in [-0.25, -0.2) is 9.78 Å². The van der Waals surface area contributed by atoms with Crippen molar-refractivity contribution in [1.82, 2.24) is 20.1 Å². The van der Waals surface area contributed by atoms with Gasteiger partial charge in [0.05, 0.1) is 17.8 Å². The molecule has 2 aromatic heterocycles. The lowest BCUT2D eigenvalue weighted by Gasteiger charge is -2.33. The minimum atomic E-state index is -4.28. The van der Waals surface area contributed by atoms with Gasteiger partial charge in [-0.15, -0.1) is 0 Å². The van der Waals surface area contributed by atoms with Crippen molar-refractivity contribution < 1.29 is 27.9 Å². The van der Waals surface area contributed by atoms with Crippen molar-refractivity contribution in [2.45, 2.75) is 44.8 Å². The first-order valence-electron chi connectivity index (χ1n) is 9.88. The fraction of sp³-hybridized carbons (Fsp3) is 0.500. The van der Waals surface area contributed by atoms with E-state index in [-0.39, 0.29) is 31.5 Å². The van der Waals surface area contributed by atoms with E-state index < -0.39 is 36.1 Å². The number of nitrogens with one attached hydrogen (secondary N) is 2. The van der Waals surface area contributed by atoms with Crippen molar-refractivity contribution >= 4 is 17.8 Å². The highest BCUT2D eigenvalue weighted by Gasteiger charge is 2.43. The van der Waals surface area contributed by atoms with Gasteiger partial charge in [-0.1, -0.05) is 0 Å². The molecule has 2 amide bonds. The van der Waals surface area contributed by atoms with Crippen molar-refractivity contribution in [2.75, 3.05) is 5.32 Å². The van der Waals surface area contributed by atoms with Crippen LogP contribution in [0, 0.1) is 18.8 Å². The Morgan fingerprint density at radius 3 is 2.35 bits per heavy atom. The number of hydrogen-bond donors (Lipinski definition) is 3. The van der Waals surface area contributed by atoms with E-state index in [1.165, 1.54) is 0 Å². The van der Waals surface area contributed by atoms with Gasteiger partial charge >= 0.3 is 12.3 Å². The number of pyridine rings is 1. The first-order chi connectivity index (χ1) is 14.6. The van der Waals surface area contributed by atoms with Gasteiger partial charge in [0.15, 0.2) is 0 Å². The molecule has 168 valence electrons. The van der Waals surface area contributed by atoms with E-state index in [0.29, 0.717) is 0 Å². The number of alkyl halides is 3. The van der Waals surface area contributed by atoms with Gasteiger partial charge in [0.2, 0.25) is 5.91 Å². The zero-order valence-electron chi connectivity index (χ0n) is 17.1. The van der Waals surface area contributed by atoms with Crippen molar-refractivity contribution in [3.63, 3.8) is 0 Å². The number of aromatic nitrogens is 3. The van der Waals surface area contributed by atoms with Crippen molar-refractivity contribution in [1.29, 1.82) is 0 Å². The van der Waals surface area contributed by atoms with Crippen LogP contribution in [0.15, 0.2) is 24.5 Å². The Balaban J connectivity index is 1.69. The monoisotopic (exact) mass is 439 g/mol. The lowest BCUT2D eigenvalue weighted by atomic mass is 9.78. The Bertz CT molecular complexity index is 915. The molecule has 0 bridgehead atoms. The van der Waals surface area contributed by atoms with Crippen LogP contribution in [0.25, 0.3) is 11.3 Å². The first-order valence-corrected chi connectivity index (χ1v) is 9.88. The fourth-order valence-corrected chi connectivity index (χ4v) is 4.08. The second-order valence-electron chi connectivity index (χ2n) is 7.80. The molecular weight excluding hydrogens is 415 g/mol. The number of anilines is 1. The summed E-state index contributed by atoms with van der Waals surface area (Å²) in [7, 11) is 1.80. The van der Waals surface area contributed by atoms with E-state index in [1.807, 2.05) is 6.92 Å². The van der Waals surface area contributed by atoms with E-state index in [2.05, 4.69) is 20.7 Å². The second-order valence-corrected chi connectivity index (χ2v) is 7.80. The van der Waals surface area contributed by atoms with E-state index in [1.54, 1.807) is 36.3 Å². The lowest BCUT2D eigenvalue weighted by Crippen LogP contribution is -2.49. The third-order valence-corrected chi connectivity index (χ3v) is 5.68. The number of carboxylic acid groups (broad SMARTS) is 1. The Morgan fingerprint density at radius 1 is 1.19 bits per heavy atom. The van der Waals surface area contributed by atoms with Crippen LogP contribution >= 0.6 is 0 Å². The molecule has 8 nitrogen and oxygen atoms in total. The van der Waals surface area contributed by atoms with Crippen LogP contribution in [0.3, 0.4) is 0 Å². The van der Waals surface area contributed by atoms with Crippen LogP contribution in [-0.2, 0) is 11.8 Å². The molecule has 1 atom stereocenters. The molecule has 2 heterocycles. The molecule has 1 saturated carbocycles. The molecule has 1 aliphatic rings. The number of hydrogen-bond acceptors (Lipinski definition) is 4. The summed E-state index contributed by atoms with van der Waals surface area (Å²) in [5.41, 5.74) is 2.62. The highest BCUT2D eigenvalue weighted by atomic mass is 19.4. The highest BCUT2D eigenvalue weighted by molar-refractivity contribution is 5.96. The Morgan fingerprint density at radius 2 is 1.87 bits per heavy atom. The quantitative estimate of drug-likeness (QED) is 0.658. The maximum atomic E-state index is 12.9. The molecule has 31 heavy (non-hydrogen) atoms. The summed E-state index contributed by atoms with van der Waals surface area (Å²) >= 11 is 0. The van der Waals surface area contributed by atoms with Crippen LogP contribution in [-0.4, -0.2) is 44.1 Å². The first kappa shape index (κ1) is 22.6. The zero-order valence-corrected chi connectivity index (χ0v) is 17.1. The van der Waals surface area contributed by atoms with Gasteiger partial charge in [-0.05, 0) is 56.2 Å². The molecule has 1 unspecified atom stereocenters. The number of aryl methyl sites for hydroxylation is 2. The normalized spacial score (nSPS) is 20.2.